The summed E-state index contributed by atoms with van der Waals surface area (Å²) in [6.07, 6.45) is 3.94. The molecule has 156 valence electrons. The number of carbonyl (C=O) groups excluding carboxylic acids is 1. The van der Waals surface area contributed by atoms with E-state index in [0.29, 0.717) is 16.0 Å². The lowest BCUT2D eigenvalue weighted by atomic mass is 10.3. The van der Waals surface area contributed by atoms with Crippen LogP contribution in [0.5, 0.6) is 0 Å². The molecule has 3 heterocycles. The summed E-state index contributed by atoms with van der Waals surface area (Å²) in [4.78, 5) is 19.2. The minimum atomic E-state index is -0.381. The second-order valence-electron chi connectivity index (χ2n) is 7.16. The first-order valence-corrected chi connectivity index (χ1v) is 11.2. The van der Waals surface area contributed by atoms with Gasteiger partial charge in [0.05, 0.1) is 16.8 Å². The van der Waals surface area contributed by atoms with E-state index < -0.39 is 0 Å². The molecule has 1 fully saturated rings. The van der Waals surface area contributed by atoms with Crippen LogP contribution in [0.4, 0.5) is 5.82 Å². The summed E-state index contributed by atoms with van der Waals surface area (Å²) < 4.78 is 2.05. The van der Waals surface area contributed by atoms with Gasteiger partial charge >= 0.3 is 0 Å². The number of rotatable bonds is 7. The fourth-order valence-corrected chi connectivity index (χ4v) is 4.34. The Hall–Kier alpha value is -2.42. The van der Waals surface area contributed by atoms with Gasteiger partial charge in [-0.3, -0.25) is 14.3 Å². The molecular formula is C21H23ClN6OS. The average Bonchev–Trinajstić information content (AvgIpc) is 3.41. The Bertz CT molecular complexity index is 988. The van der Waals surface area contributed by atoms with Crippen LogP contribution in [0.1, 0.15) is 25.6 Å². The molecule has 4 rings (SSSR count). The molecule has 30 heavy (non-hydrogen) atoms. The van der Waals surface area contributed by atoms with Crippen LogP contribution >= 0.6 is 23.4 Å². The van der Waals surface area contributed by atoms with Crippen molar-refractivity contribution >= 4 is 35.1 Å². The number of nitrogens with one attached hydrogen (secondary N) is 1. The number of hydrogen-bond acceptors (Lipinski definition) is 6. The van der Waals surface area contributed by atoms with E-state index in [0.717, 1.165) is 31.1 Å². The molecule has 0 saturated carbocycles. The van der Waals surface area contributed by atoms with Gasteiger partial charge in [-0.25, -0.2) is 4.98 Å². The molecule has 1 aliphatic heterocycles. The molecule has 2 aromatic heterocycles. The summed E-state index contributed by atoms with van der Waals surface area (Å²) in [5.74, 6) is 1.20. The van der Waals surface area contributed by atoms with Gasteiger partial charge in [-0.2, -0.15) is 0 Å². The number of nitrogens with zero attached hydrogens (tertiary/aromatic N) is 5. The van der Waals surface area contributed by atoms with Gasteiger partial charge in [0.25, 0.3) is 0 Å². The standard InChI is InChI=1S/C21H23ClN6OS/c1-15(20(29)24-18-10-9-16(22)13-23-18)30-21-26-25-19(14-27-11-5-6-12-27)28(21)17-7-3-2-4-8-17/h2-4,7-10,13,15H,5-6,11-12,14H2,1H3,(H,23,24,29)/t15-/m0/s1. The van der Waals surface area contributed by atoms with Crippen molar-refractivity contribution in [1.29, 1.82) is 0 Å². The second kappa shape index (κ2) is 9.59. The van der Waals surface area contributed by atoms with Crippen molar-refractivity contribution < 1.29 is 4.79 Å². The zero-order valence-corrected chi connectivity index (χ0v) is 18.2. The van der Waals surface area contributed by atoms with Gasteiger partial charge in [0, 0.05) is 11.9 Å². The van der Waals surface area contributed by atoms with Crippen molar-refractivity contribution in [1.82, 2.24) is 24.6 Å². The minimum absolute atomic E-state index is 0.154. The largest absolute Gasteiger partial charge is 0.310 e. The van der Waals surface area contributed by atoms with Crippen LogP contribution in [0.3, 0.4) is 0 Å². The van der Waals surface area contributed by atoms with Gasteiger partial charge < -0.3 is 5.32 Å². The first-order chi connectivity index (χ1) is 14.6. The Balaban J connectivity index is 1.53. The van der Waals surface area contributed by atoms with Crippen LogP contribution in [0.2, 0.25) is 5.02 Å². The van der Waals surface area contributed by atoms with E-state index in [1.807, 2.05) is 41.8 Å². The number of hydrogen-bond donors (Lipinski definition) is 1. The lowest BCUT2D eigenvalue weighted by Crippen LogP contribution is -2.24. The number of para-hydroxylation sites is 1. The fourth-order valence-electron chi connectivity index (χ4n) is 3.35. The molecule has 1 N–H and O–H groups in total. The molecule has 0 aliphatic carbocycles. The molecule has 0 spiro atoms. The summed E-state index contributed by atoms with van der Waals surface area (Å²) >= 11 is 7.24. The highest BCUT2D eigenvalue weighted by Crippen LogP contribution is 2.27. The third kappa shape index (κ3) is 5.00. The van der Waals surface area contributed by atoms with Crippen LogP contribution in [-0.4, -0.2) is 48.9 Å². The molecule has 1 atom stereocenters. The highest BCUT2D eigenvalue weighted by Gasteiger charge is 2.23. The van der Waals surface area contributed by atoms with Crippen LogP contribution in [0.15, 0.2) is 53.8 Å². The highest BCUT2D eigenvalue weighted by atomic mass is 35.5. The molecule has 1 aliphatic rings. The van der Waals surface area contributed by atoms with E-state index in [4.69, 9.17) is 11.6 Å². The first kappa shape index (κ1) is 20.8. The van der Waals surface area contributed by atoms with Crippen molar-refractivity contribution in [3.8, 4) is 5.69 Å². The Morgan fingerprint density at radius 1 is 1.17 bits per heavy atom. The van der Waals surface area contributed by atoms with Crippen molar-refractivity contribution in [2.45, 2.75) is 36.7 Å². The first-order valence-electron chi connectivity index (χ1n) is 9.91. The molecule has 0 bridgehead atoms. The number of thioether (sulfide) groups is 1. The highest BCUT2D eigenvalue weighted by molar-refractivity contribution is 8.00. The number of halogens is 1. The van der Waals surface area contributed by atoms with Crippen molar-refractivity contribution in [2.24, 2.45) is 0 Å². The molecule has 1 saturated heterocycles. The van der Waals surface area contributed by atoms with Crippen LogP contribution in [0, 0.1) is 0 Å². The van der Waals surface area contributed by atoms with E-state index in [2.05, 4.69) is 25.4 Å². The number of aromatic nitrogens is 4. The lowest BCUT2D eigenvalue weighted by molar-refractivity contribution is -0.115. The Morgan fingerprint density at radius 2 is 1.93 bits per heavy atom. The quantitative estimate of drug-likeness (QED) is 0.557. The summed E-state index contributed by atoms with van der Waals surface area (Å²) in [6.45, 7) is 4.76. The van der Waals surface area contributed by atoms with Crippen molar-refractivity contribution in [3.05, 3.63) is 59.5 Å². The maximum absolute atomic E-state index is 12.7. The van der Waals surface area contributed by atoms with Crippen molar-refractivity contribution in [2.75, 3.05) is 18.4 Å². The van der Waals surface area contributed by atoms with Gasteiger partial charge in [-0.05, 0) is 57.1 Å². The number of likely N-dealkylation sites (tertiary alicyclic amines) is 1. The molecule has 9 heteroatoms. The topological polar surface area (TPSA) is 75.9 Å². The van der Waals surface area contributed by atoms with Gasteiger partial charge in [-0.15, -0.1) is 10.2 Å². The number of amides is 1. The number of carbonyl (C=O) groups is 1. The number of benzene rings is 1. The minimum Gasteiger partial charge on any atom is -0.310 e. The summed E-state index contributed by atoms with van der Waals surface area (Å²) in [6, 6.07) is 13.4. The normalized spacial score (nSPS) is 15.3. The van der Waals surface area contributed by atoms with Crippen LogP contribution < -0.4 is 5.32 Å². The monoisotopic (exact) mass is 442 g/mol. The molecule has 1 amide bonds. The molecule has 0 radical (unpaired) electrons. The maximum atomic E-state index is 12.7. The third-order valence-electron chi connectivity index (χ3n) is 4.91. The molecule has 7 nitrogen and oxygen atoms in total. The smallest absolute Gasteiger partial charge is 0.238 e. The predicted molar refractivity (Wildman–Crippen MR) is 119 cm³/mol. The predicted octanol–water partition coefficient (Wildman–Crippen LogP) is 4.03. The fraction of sp³-hybridized carbons (Fsp3) is 0.333. The Kier molecular flexibility index (Phi) is 6.66. The van der Waals surface area contributed by atoms with Gasteiger partial charge in [-0.1, -0.05) is 41.6 Å². The molecule has 3 aromatic rings. The van der Waals surface area contributed by atoms with E-state index in [9.17, 15) is 4.79 Å². The van der Waals surface area contributed by atoms with E-state index in [-0.39, 0.29) is 11.2 Å². The maximum Gasteiger partial charge on any atom is 0.238 e. The van der Waals surface area contributed by atoms with Gasteiger partial charge in [0.15, 0.2) is 11.0 Å². The number of anilines is 1. The Labute approximate surface area is 184 Å². The van der Waals surface area contributed by atoms with Crippen LogP contribution in [-0.2, 0) is 11.3 Å². The lowest BCUT2D eigenvalue weighted by Gasteiger charge is -2.17. The summed E-state index contributed by atoms with van der Waals surface area (Å²) in [5, 5.41) is 12.5. The zero-order chi connectivity index (χ0) is 20.9. The van der Waals surface area contributed by atoms with E-state index in [1.165, 1.54) is 30.8 Å². The third-order valence-corrected chi connectivity index (χ3v) is 6.17. The molecular weight excluding hydrogens is 420 g/mol. The van der Waals surface area contributed by atoms with Gasteiger partial charge in [0.2, 0.25) is 5.91 Å². The van der Waals surface area contributed by atoms with Crippen LogP contribution in [0.25, 0.3) is 5.69 Å². The second-order valence-corrected chi connectivity index (χ2v) is 8.91. The van der Waals surface area contributed by atoms with Gasteiger partial charge in [0.1, 0.15) is 5.82 Å². The average molecular weight is 443 g/mol. The van der Waals surface area contributed by atoms with Crippen molar-refractivity contribution in [3.63, 3.8) is 0 Å². The summed E-state index contributed by atoms with van der Waals surface area (Å²) in [5.41, 5.74) is 0.992. The zero-order valence-electron chi connectivity index (χ0n) is 16.7. The van der Waals surface area contributed by atoms with E-state index in [1.54, 1.807) is 12.1 Å². The SMILES string of the molecule is C[C@H](Sc1nnc(CN2CCCC2)n1-c1ccccc1)C(=O)Nc1ccc(Cl)cn1. The number of pyridine rings is 1. The summed E-state index contributed by atoms with van der Waals surface area (Å²) in [7, 11) is 0. The van der Waals surface area contributed by atoms with E-state index >= 15 is 0 Å². The molecule has 1 aromatic carbocycles. The molecule has 0 unspecified atom stereocenters. The Morgan fingerprint density at radius 3 is 2.63 bits per heavy atom.